The van der Waals surface area contributed by atoms with E-state index >= 15 is 0 Å². The third-order valence-electron chi connectivity index (χ3n) is 9.24. The number of hydrogen-bond donors (Lipinski definition) is 0. The summed E-state index contributed by atoms with van der Waals surface area (Å²) in [4.78, 5) is 12.7. The Hall–Kier alpha value is -0.950. The molecule has 2 saturated heterocycles. The Balaban J connectivity index is 1.39. The molecule has 0 N–H and O–H groups in total. The molecule has 4 rings (SSSR count). The Morgan fingerprint density at radius 1 is 1.00 bits per heavy atom. The van der Waals surface area contributed by atoms with Crippen LogP contribution in [0.3, 0.4) is 0 Å². The van der Waals surface area contributed by atoms with Crippen molar-refractivity contribution < 1.29 is 4.74 Å². The smallest absolute Gasteiger partial charge is 0.122 e. The number of rotatable bonds is 6. The molecular weight excluding hydrogens is 386 g/mol. The lowest BCUT2D eigenvalue weighted by Gasteiger charge is -2.54. The second-order valence-electron chi connectivity index (χ2n) is 11.6. The summed E-state index contributed by atoms with van der Waals surface area (Å²) in [7, 11) is 0. The van der Waals surface area contributed by atoms with Crippen LogP contribution in [0.15, 0.2) is 12.4 Å². The average molecular weight is 432 g/mol. The summed E-state index contributed by atoms with van der Waals surface area (Å²) in [6.45, 7) is 25.2. The molecule has 2 fully saturated rings. The molecule has 0 amide bonds. The summed E-state index contributed by atoms with van der Waals surface area (Å²) >= 11 is 0. The molecule has 0 saturated carbocycles. The molecule has 0 aliphatic carbocycles. The van der Waals surface area contributed by atoms with E-state index in [-0.39, 0.29) is 11.1 Å². The zero-order valence-electron chi connectivity index (χ0n) is 21.0. The van der Waals surface area contributed by atoms with Gasteiger partial charge in [0, 0.05) is 68.3 Å². The van der Waals surface area contributed by atoms with E-state index in [1.807, 2.05) is 6.20 Å². The van der Waals surface area contributed by atoms with Crippen molar-refractivity contribution in [2.45, 2.75) is 91.1 Å². The molecule has 3 aliphatic rings. The van der Waals surface area contributed by atoms with Crippen LogP contribution in [0.4, 0.5) is 0 Å². The number of piperazine rings is 1. The first-order valence-electron chi connectivity index (χ1n) is 12.4. The van der Waals surface area contributed by atoms with Gasteiger partial charge in [-0.25, -0.2) is 4.98 Å². The van der Waals surface area contributed by atoms with Gasteiger partial charge < -0.3 is 9.30 Å². The van der Waals surface area contributed by atoms with Gasteiger partial charge in [-0.2, -0.15) is 0 Å². The van der Waals surface area contributed by atoms with Gasteiger partial charge in [0.2, 0.25) is 0 Å². The fourth-order valence-corrected chi connectivity index (χ4v) is 5.70. The first-order chi connectivity index (χ1) is 14.6. The minimum atomic E-state index is 0.144. The molecule has 3 atom stereocenters. The number of nitrogens with zero attached hydrogens (tertiary/aromatic N) is 5. The Labute approximate surface area is 189 Å². The van der Waals surface area contributed by atoms with Gasteiger partial charge in [-0.05, 0) is 46.0 Å². The monoisotopic (exact) mass is 431 g/mol. The van der Waals surface area contributed by atoms with Crippen molar-refractivity contribution in [1.82, 2.24) is 24.3 Å². The largest absolute Gasteiger partial charge is 0.378 e. The Morgan fingerprint density at radius 2 is 1.74 bits per heavy atom. The maximum Gasteiger partial charge on any atom is 0.122 e. The molecule has 4 heterocycles. The lowest BCUT2D eigenvalue weighted by atomic mass is 9.81. The van der Waals surface area contributed by atoms with Crippen LogP contribution in [-0.2, 0) is 17.8 Å². The topological polar surface area (TPSA) is 36.8 Å². The summed E-state index contributed by atoms with van der Waals surface area (Å²) in [6, 6.07) is 1.06. The van der Waals surface area contributed by atoms with Gasteiger partial charge in [0.1, 0.15) is 5.82 Å². The summed E-state index contributed by atoms with van der Waals surface area (Å²) in [6.07, 6.45) is 5.25. The lowest BCUT2D eigenvalue weighted by molar-refractivity contribution is -0.109. The molecule has 6 heteroatoms. The lowest BCUT2D eigenvalue weighted by Crippen LogP contribution is -2.66. The van der Waals surface area contributed by atoms with E-state index in [0.717, 1.165) is 39.4 Å². The third-order valence-corrected chi connectivity index (χ3v) is 9.24. The van der Waals surface area contributed by atoms with Gasteiger partial charge >= 0.3 is 0 Å². The third kappa shape index (κ3) is 4.46. The van der Waals surface area contributed by atoms with Crippen molar-refractivity contribution in [3.05, 3.63) is 18.2 Å². The summed E-state index contributed by atoms with van der Waals surface area (Å²) in [5.41, 5.74) is 0.389. The summed E-state index contributed by atoms with van der Waals surface area (Å²) in [5.74, 6) is 2.45. The minimum absolute atomic E-state index is 0.144. The molecule has 6 nitrogen and oxygen atoms in total. The quantitative estimate of drug-likeness (QED) is 0.691. The van der Waals surface area contributed by atoms with Crippen LogP contribution in [0.25, 0.3) is 0 Å². The molecule has 1 aromatic rings. The van der Waals surface area contributed by atoms with Crippen molar-refractivity contribution in [3.63, 3.8) is 0 Å². The molecule has 0 bridgehead atoms. The highest BCUT2D eigenvalue weighted by atomic mass is 16.5. The molecule has 0 aromatic carbocycles. The van der Waals surface area contributed by atoms with E-state index < -0.39 is 0 Å². The second kappa shape index (κ2) is 8.77. The Kier molecular flexibility index (Phi) is 6.57. The maximum absolute atomic E-state index is 6.17. The number of morpholine rings is 1. The molecule has 31 heavy (non-hydrogen) atoms. The van der Waals surface area contributed by atoms with Gasteiger partial charge in [0.15, 0.2) is 0 Å². The van der Waals surface area contributed by atoms with Gasteiger partial charge in [0.25, 0.3) is 0 Å². The molecule has 176 valence electrons. The molecule has 3 aliphatic heterocycles. The molecule has 3 unspecified atom stereocenters. The normalized spacial score (nSPS) is 27.9. The maximum atomic E-state index is 6.17. The fourth-order valence-electron chi connectivity index (χ4n) is 5.70. The summed E-state index contributed by atoms with van der Waals surface area (Å²) < 4.78 is 8.47. The first-order valence-corrected chi connectivity index (χ1v) is 12.4. The highest BCUT2D eigenvalue weighted by molar-refractivity contribution is 5.01. The zero-order chi connectivity index (χ0) is 22.4. The van der Waals surface area contributed by atoms with Gasteiger partial charge in [-0.1, -0.05) is 20.8 Å². The van der Waals surface area contributed by atoms with Gasteiger partial charge in [-0.15, -0.1) is 0 Å². The number of fused-ring (bicyclic) bond motifs is 2. The Morgan fingerprint density at radius 3 is 2.48 bits per heavy atom. The van der Waals surface area contributed by atoms with E-state index in [9.17, 15) is 0 Å². The van der Waals surface area contributed by atoms with E-state index in [4.69, 9.17) is 4.74 Å². The zero-order valence-corrected chi connectivity index (χ0v) is 21.0. The Bertz CT molecular complexity index is 742. The first kappa shape index (κ1) is 23.2. The van der Waals surface area contributed by atoms with Gasteiger partial charge in [0.05, 0.1) is 19.8 Å². The highest BCUT2D eigenvalue weighted by Crippen LogP contribution is 2.34. The van der Waals surface area contributed by atoms with Crippen molar-refractivity contribution >= 4 is 0 Å². The van der Waals surface area contributed by atoms with E-state index in [0.29, 0.717) is 23.9 Å². The molecule has 1 aromatic heterocycles. The second-order valence-corrected chi connectivity index (χ2v) is 11.6. The van der Waals surface area contributed by atoms with Crippen LogP contribution in [-0.4, -0.2) is 86.8 Å². The van der Waals surface area contributed by atoms with Crippen LogP contribution in [0.2, 0.25) is 0 Å². The highest BCUT2D eigenvalue weighted by Gasteiger charge is 2.43. The van der Waals surface area contributed by atoms with Crippen molar-refractivity contribution in [2.24, 2.45) is 11.8 Å². The molecule has 0 spiro atoms. The van der Waals surface area contributed by atoms with E-state index in [1.54, 1.807) is 0 Å². The van der Waals surface area contributed by atoms with E-state index in [1.165, 1.54) is 25.3 Å². The SMILES string of the molecule is CC(C)C(C)(C)N1CCN2C(CC(C)C(C)(C)N3CCn4ccnc4C3)COCC2C1. The van der Waals surface area contributed by atoms with E-state index in [2.05, 4.69) is 78.9 Å². The van der Waals surface area contributed by atoms with Crippen LogP contribution < -0.4 is 0 Å². The predicted octanol–water partition coefficient (Wildman–Crippen LogP) is 3.32. The van der Waals surface area contributed by atoms with Crippen molar-refractivity contribution in [1.29, 1.82) is 0 Å². The van der Waals surface area contributed by atoms with Crippen molar-refractivity contribution in [3.8, 4) is 0 Å². The van der Waals surface area contributed by atoms with Crippen LogP contribution >= 0.6 is 0 Å². The molecular formula is C25H45N5O. The van der Waals surface area contributed by atoms with Crippen molar-refractivity contribution in [2.75, 3.05) is 39.4 Å². The van der Waals surface area contributed by atoms with Crippen LogP contribution in [0.1, 0.15) is 60.7 Å². The summed E-state index contributed by atoms with van der Waals surface area (Å²) in [5, 5.41) is 0. The average Bonchev–Trinajstić information content (AvgIpc) is 3.21. The van der Waals surface area contributed by atoms with Gasteiger partial charge in [-0.3, -0.25) is 14.7 Å². The number of hydrogen-bond acceptors (Lipinski definition) is 5. The fraction of sp³-hybridized carbons (Fsp3) is 0.880. The predicted molar refractivity (Wildman–Crippen MR) is 126 cm³/mol. The number of ether oxygens (including phenoxy) is 1. The minimum Gasteiger partial charge on any atom is -0.378 e. The number of imidazole rings is 1. The molecule has 0 radical (unpaired) electrons. The van der Waals surface area contributed by atoms with Crippen LogP contribution in [0.5, 0.6) is 0 Å². The number of aromatic nitrogens is 2. The van der Waals surface area contributed by atoms with Crippen LogP contribution in [0, 0.1) is 11.8 Å². The standard InChI is InChI=1S/C25H45N5O/c1-19(2)24(4,5)28-12-13-30-21(17-31-18-22(30)15-28)14-20(3)25(6,7)29-11-10-27-9-8-26-23(27)16-29/h8-9,19-22H,10-18H2,1-7H3.